The van der Waals surface area contributed by atoms with E-state index in [1.165, 1.54) is 29.8 Å². The molecule has 2 rings (SSSR count). The third kappa shape index (κ3) is 2.86. The molecule has 0 aliphatic carbocycles. The summed E-state index contributed by atoms with van der Waals surface area (Å²) in [5.74, 6) is 0.0323. The number of hydrogen-bond acceptors (Lipinski definition) is 6. The Morgan fingerprint density at radius 1 is 1.39 bits per heavy atom. The van der Waals surface area contributed by atoms with Gasteiger partial charge in [-0.15, -0.1) is 11.3 Å². The smallest absolute Gasteiger partial charge is 0.266 e. The minimum absolute atomic E-state index is 0.0323. The first-order chi connectivity index (χ1) is 8.53. The van der Waals surface area contributed by atoms with Gasteiger partial charge in [0.2, 0.25) is 5.95 Å². The highest BCUT2D eigenvalue weighted by atomic mass is 79.9. The molecule has 0 radical (unpaired) electrons. The SMILES string of the molecule is NCc1cc(S(=O)(=O)Nc2ncccn2)c(Br)s1. The van der Waals surface area contributed by atoms with Crippen molar-refractivity contribution in [1.29, 1.82) is 0 Å². The fraction of sp³-hybridized carbons (Fsp3) is 0.111. The molecule has 0 unspecified atom stereocenters. The molecule has 0 spiro atoms. The number of hydrogen-bond donors (Lipinski definition) is 2. The number of sulfonamides is 1. The van der Waals surface area contributed by atoms with E-state index in [1.54, 1.807) is 6.07 Å². The largest absolute Gasteiger partial charge is 0.326 e. The minimum Gasteiger partial charge on any atom is -0.326 e. The van der Waals surface area contributed by atoms with Crippen LogP contribution in [-0.4, -0.2) is 18.4 Å². The highest BCUT2D eigenvalue weighted by molar-refractivity contribution is 9.11. The first kappa shape index (κ1) is 13.4. The first-order valence-corrected chi connectivity index (χ1v) is 7.90. The maximum atomic E-state index is 12.1. The molecule has 9 heteroatoms. The second-order valence-electron chi connectivity index (χ2n) is 3.23. The van der Waals surface area contributed by atoms with Crippen LogP contribution in [0.25, 0.3) is 0 Å². The molecule has 0 amide bonds. The summed E-state index contributed by atoms with van der Waals surface area (Å²) in [6.07, 6.45) is 2.91. The van der Waals surface area contributed by atoms with Crippen molar-refractivity contribution in [3.63, 3.8) is 0 Å². The van der Waals surface area contributed by atoms with Crippen molar-refractivity contribution in [3.8, 4) is 0 Å². The van der Waals surface area contributed by atoms with Gasteiger partial charge in [0.1, 0.15) is 4.90 Å². The Hall–Kier alpha value is -1.03. The first-order valence-electron chi connectivity index (χ1n) is 4.81. The van der Waals surface area contributed by atoms with Gasteiger partial charge in [-0.05, 0) is 28.1 Å². The van der Waals surface area contributed by atoms with Crippen LogP contribution in [0.1, 0.15) is 4.88 Å². The van der Waals surface area contributed by atoms with Gasteiger partial charge >= 0.3 is 0 Å². The van der Waals surface area contributed by atoms with Crippen LogP contribution in [0.2, 0.25) is 0 Å². The molecule has 3 N–H and O–H groups in total. The van der Waals surface area contributed by atoms with Gasteiger partial charge in [0.25, 0.3) is 10.0 Å². The van der Waals surface area contributed by atoms with Crippen LogP contribution in [0.5, 0.6) is 0 Å². The van der Waals surface area contributed by atoms with E-state index in [4.69, 9.17) is 5.73 Å². The lowest BCUT2D eigenvalue weighted by Crippen LogP contribution is -2.14. The number of nitrogens with one attached hydrogen (secondary N) is 1. The molecule has 96 valence electrons. The van der Waals surface area contributed by atoms with E-state index < -0.39 is 10.0 Å². The van der Waals surface area contributed by atoms with Gasteiger partial charge in [0.05, 0.1) is 3.79 Å². The summed E-state index contributed by atoms with van der Waals surface area (Å²) >= 11 is 4.49. The second-order valence-corrected chi connectivity index (χ2v) is 7.34. The highest BCUT2D eigenvalue weighted by Gasteiger charge is 2.21. The molecule has 2 aromatic rings. The highest BCUT2D eigenvalue weighted by Crippen LogP contribution is 2.32. The molecule has 0 fully saturated rings. The number of nitrogens with zero attached hydrogens (tertiary/aromatic N) is 2. The van der Waals surface area contributed by atoms with Crippen molar-refractivity contribution < 1.29 is 8.42 Å². The van der Waals surface area contributed by atoms with Gasteiger partial charge in [0.15, 0.2) is 0 Å². The zero-order valence-electron chi connectivity index (χ0n) is 9.00. The van der Waals surface area contributed by atoms with Crippen LogP contribution < -0.4 is 10.5 Å². The Morgan fingerprint density at radius 3 is 2.61 bits per heavy atom. The van der Waals surface area contributed by atoms with E-state index in [0.29, 0.717) is 10.3 Å². The van der Waals surface area contributed by atoms with Crippen molar-refractivity contribution >= 4 is 43.2 Å². The fourth-order valence-corrected chi connectivity index (χ4v) is 4.73. The monoisotopic (exact) mass is 348 g/mol. The van der Waals surface area contributed by atoms with Gasteiger partial charge in [-0.3, -0.25) is 0 Å². The molecule has 0 saturated heterocycles. The van der Waals surface area contributed by atoms with Gasteiger partial charge in [-0.1, -0.05) is 0 Å². The van der Waals surface area contributed by atoms with Gasteiger partial charge in [-0.2, -0.15) is 0 Å². The number of anilines is 1. The van der Waals surface area contributed by atoms with Crippen LogP contribution in [-0.2, 0) is 16.6 Å². The summed E-state index contributed by atoms with van der Waals surface area (Å²) in [6, 6.07) is 3.13. The van der Waals surface area contributed by atoms with Crippen molar-refractivity contribution in [3.05, 3.63) is 33.2 Å². The van der Waals surface area contributed by atoms with Crippen LogP contribution in [0.4, 0.5) is 5.95 Å². The third-order valence-corrected chi connectivity index (χ3v) is 5.59. The molecule has 0 aliphatic heterocycles. The quantitative estimate of drug-likeness (QED) is 0.873. The normalized spacial score (nSPS) is 11.4. The van der Waals surface area contributed by atoms with Crippen LogP contribution in [0.15, 0.2) is 33.2 Å². The van der Waals surface area contributed by atoms with Crippen LogP contribution in [0, 0.1) is 0 Å². The molecule has 0 saturated carbocycles. The summed E-state index contributed by atoms with van der Waals surface area (Å²) in [4.78, 5) is 8.53. The maximum Gasteiger partial charge on any atom is 0.266 e. The van der Waals surface area contributed by atoms with Crippen molar-refractivity contribution in [2.75, 3.05) is 4.72 Å². The molecule has 18 heavy (non-hydrogen) atoms. The molecule has 0 atom stereocenters. The predicted octanol–water partition coefficient (Wildman–Crippen LogP) is 1.56. The molecular weight excluding hydrogens is 340 g/mol. The lowest BCUT2D eigenvalue weighted by Gasteiger charge is -2.04. The van der Waals surface area contributed by atoms with Gasteiger partial charge < -0.3 is 5.73 Å². The summed E-state index contributed by atoms with van der Waals surface area (Å²) < 4.78 is 27.0. The van der Waals surface area contributed by atoms with Crippen molar-refractivity contribution in [2.24, 2.45) is 5.73 Å². The van der Waals surface area contributed by atoms with Crippen LogP contribution >= 0.6 is 27.3 Å². The Kier molecular flexibility index (Phi) is 3.95. The number of nitrogens with two attached hydrogens (primary N) is 1. The van der Waals surface area contributed by atoms with E-state index in [2.05, 4.69) is 30.6 Å². The molecular formula is C9H9BrN4O2S2. The summed E-state index contributed by atoms with van der Waals surface area (Å²) in [5.41, 5.74) is 5.48. The lowest BCUT2D eigenvalue weighted by molar-refractivity contribution is 0.600. The standard InChI is InChI=1S/C9H9BrN4O2S2/c10-8-7(4-6(5-11)17-8)18(15,16)14-9-12-2-1-3-13-9/h1-4H,5,11H2,(H,12,13,14). The Morgan fingerprint density at radius 2 is 2.06 bits per heavy atom. The Bertz CT molecular complexity index is 642. The molecule has 6 nitrogen and oxygen atoms in total. The Labute approximate surface area is 116 Å². The topological polar surface area (TPSA) is 98.0 Å². The van der Waals surface area contributed by atoms with Gasteiger partial charge in [-0.25, -0.2) is 23.1 Å². The average molecular weight is 349 g/mol. The average Bonchev–Trinajstić information content (AvgIpc) is 2.72. The van der Waals surface area contributed by atoms with Crippen LogP contribution in [0.3, 0.4) is 0 Å². The number of aromatic nitrogens is 2. The van der Waals surface area contributed by atoms with Crippen molar-refractivity contribution in [1.82, 2.24) is 9.97 Å². The fourth-order valence-electron chi connectivity index (χ4n) is 1.21. The molecule has 2 aromatic heterocycles. The zero-order chi connectivity index (χ0) is 13.2. The number of thiophene rings is 1. The number of halogens is 1. The third-order valence-electron chi connectivity index (χ3n) is 1.99. The zero-order valence-corrected chi connectivity index (χ0v) is 12.2. The Balaban J connectivity index is 2.34. The van der Waals surface area contributed by atoms with E-state index in [0.717, 1.165) is 4.88 Å². The maximum absolute atomic E-state index is 12.1. The van der Waals surface area contributed by atoms with Crippen molar-refractivity contribution in [2.45, 2.75) is 11.4 Å². The summed E-state index contributed by atoms with van der Waals surface area (Å²) in [7, 11) is -3.70. The van der Waals surface area contributed by atoms with E-state index in [1.807, 2.05) is 0 Å². The molecule has 0 aromatic carbocycles. The predicted molar refractivity (Wildman–Crippen MR) is 72.8 cm³/mol. The van der Waals surface area contributed by atoms with E-state index >= 15 is 0 Å². The minimum atomic E-state index is -3.70. The van der Waals surface area contributed by atoms with Gasteiger partial charge in [0, 0.05) is 23.8 Å². The van der Waals surface area contributed by atoms with E-state index in [-0.39, 0.29) is 10.8 Å². The molecule has 2 heterocycles. The summed E-state index contributed by atoms with van der Waals surface area (Å²) in [5, 5.41) is 0. The molecule has 0 bridgehead atoms. The lowest BCUT2D eigenvalue weighted by atomic mass is 10.5. The number of rotatable bonds is 4. The molecule has 0 aliphatic rings. The summed E-state index contributed by atoms with van der Waals surface area (Å²) in [6.45, 7) is 0.292. The van der Waals surface area contributed by atoms with E-state index in [9.17, 15) is 8.42 Å². The second kappa shape index (κ2) is 5.31.